The van der Waals surface area contributed by atoms with Gasteiger partial charge in [-0.05, 0) is 12.1 Å². The zero-order valence-electron chi connectivity index (χ0n) is 10.5. The summed E-state index contributed by atoms with van der Waals surface area (Å²) in [7, 11) is 0. The Bertz CT molecular complexity index is 403. The molecule has 1 aromatic rings. The molecule has 1 aromatic carbocycles. The first kappa shape index (κ1) is 14.1. The lowest BCUT2D eigenvalue weighted by Gasteiger charge is -2.26. The molecule has 0 aliphatic carbocycles. The standard InChI is InChI=1S/C13H17F3N2O/c14-13(15,16)11-3-1-2-4-12(11)17-5-6-18-7-9-19-10-8-18/h1-4,17H,5-10H2. The second kappa shape index (κ2) is 6.25. The second-order valence-corrected chi connectivity index (χ2v) is 4.42. The van der Waals surface area contributed by atoms with E-state index in [1.54, 1.807) is 6.07 Å². The summed E-state index contributed by atoms with van der Waals surface area (Å²) >= 11 is 0. The number of benzene rings is 1. The van der Waals surface area contributed by atoms with Crippen LogP contribution in [0.3, 0.4) is 0 Å². The largest absolute Gasteiger partial charge is 0.418 e. The zero-order chi connectivity index (χ0) is 13.7. The number of rotatable bonds is 4. The van der Waals surface area contributed by atoms with E-state index in [-0.39, 0.29) is 5.69 Å². The number of hydrogen-bond acceptors (Lipinski definition) is 3. The third kappa shape index (κ3) is 4.11. The molecule has 6 heteroatoms. The number of anilines is 1. The minimum Gasteiger partial charge on any atom is -0.383 e. The highest BCUT2D eigenvalue weighted by molar-refractivity contribution is 5.52. The Hall–Kier alpha value is -1.27. The smallest absolute Gasteiger partial charge is 0.383 e. The van der Waals surface area contributed by atoms with E-state index in [1.807, 2.05) is 0 Å². The van der Waals surface area contributed by atoms with Crippen LogP contribution in [0.1, 0.15) is 5.56 Å². The molecule has 1 fully saturated rings. The van der Waals surface area contributed by atoms with E-state index in [0.29, 0.717) is 19.8 Å². The van der Waals surface area contributed by atoms with Gasteiger partial charge >= 0.3 is 6.18 Å². The van der Waals surface area contributed by atoms with Crippen LogP contribution >= 0.6 is 0 Å². The lowest BCUT2D eigenvalue weighted by Crippen LogP contribution is -2.39. The molecule has 2 rings (SSSR count). The lowest BCUT2D eigenvalue weighted by atomic mass is 10.1. The molecule has 1 heterocycles. The molecule has 0 saturated carbocycles. The number of nitrogens with zero attached hydrogens (tertiary/aromatic N) is 1. The van der Waals surface area contributed by atoms with Crippen molar-refractivity contribution in [2.75, 3.05) is 44.7 Å². The van der Waals surface area contributed by atoms with Crippen molar-refractivity contribution in [3.05, 3.63) is 29.8 Å². The van der Waals surface area contributed by atoms with E-state index >= 15 is 0 Å². The second-order valence-electron chi connectivity index (χ2n) is 4.42. The number of morpholine rings is 1. The number of para-hydroxylation sites is 1. The Balaban J connectivity index is 1.88. The van der Waals surface area contributed by atoms with Crippen LogP contribution in [-0.2, 0) is 10.9 Å². The quantitative estimate of drug-likeness (QED) is 0.912. The summed E-state index contributed by atoms with van der Waals surface area (Å²) in [5.74, 6) is 0. The highest BCUT2D eigenvalue weighted by atomic mass is 19.4. The van der Waals surface area contributed by atoms with Gasteiger partial charge in [0.1, 0.15) is 0 Å². The van der Waals surface area contributed by atoms with Crippen molar-refractivity contribution >= 4 is 5.69 Å². The van der Waals surface area contributed by atoms with Crippen LogP contribution in [0.15, 0.2) is 24.3 Å². The molecule has 0 aromatic heterocycles. The first-order valence-corrected chi connectivity index (χ1v) is 6.27. The number of alkyl halides is 3. The van der Waals surface area contributed by atoms with Crippen LogP contribution in [0, 0.1) is 0 Å². The predicted octanol–water partition coefficient (Wildman–Crippen LogP) is 2.45. The fourth-order valence-electron chi connectivity index (χ4n) is 2.06. The molecule has 0 amide bonds. The molecule has 0 spiro atoms. The summed E-state index contributed by atoms with van der Waals surface area (Å²) in [4.78, 5) is 2.17. The third-order valence-corrected chi connectivity index (χ3v) is 3.08. The van der Waals surface area contributed by atoms with Gasteiger partial charge in [-0.3, -0.25) is 4.90 Å². The first-order valence-electron chi connectivity index (χ1n) is 6.27. The van der Waals surface area contributed by atoms with Gasteiger partial charge in [0.25, 0.3) is 0 Å². The van der Waals surface area contributed by atoms with Gasteiger partial charge in [-0.25, -0.2) is 0 Å². The minimum absolute atomic E-state index is 0.142. The van der Waals surface area contributed by atoms with Gasteiger partial charge in [-0.15, -0.1) is 0 Å². The molecule has 19 heavy (non-hydrogen) atoms. The summed E-state index contributed by atoms with van der Waals surface area (Å²) in [6, 6.07) is 5.56. The summed E-state index contributed by atoms with van der Waals surface area (Å²) in [5.41, 5.74) is -0.472. The Morgan fingerprint density at radius 3 is 2.53 bits per heavy atom. The molecule has 0 bridgehead atoms. The zero-order valence-corrected chi connectivity index (χ0v) is 10.5. The fourth-order valence-corrected chi connectivity index (χ4v) is 2.06. The predicted molar refractivity (Wildman–Crippen MR) is 67.2 cm³/mol. The summed E-state index contributed by atoms with van der Waals surface area (Å²) in [6.45, 7) is 4.27. The maximum absolute atomic E-state index is 12.8. The van der Waals surface area contributed by atoms with Gasteiger partial charge in [0.2, 0.25) is 0 Å². The fraction of sp³-hybridized carbons (Fsp3) is 0.538. The first-order chi connectivity index (χ1) is 9.07. The van der Waals surface area contributed by atoms with E-state index < -0.39 is 11.7 Å². The minimum atomic E-state index is -4.32. The summed E-state index contributed by atoms with van der Waals surface area (Å²) < 4.78 is 43.5. The van der Waals surface area contributed by atoms with E-state index in [9.17, 15) is 13.2 Å². The van der Waals surface area contributed by atoms with Crippen LogP contribution in [0.4, 0.5) is 18.9 Å². The van der Waals surface area contributed by atoms with Crippen molar-refractivity contribution in [1.82, 2.24) is 4.90 Å². The number of nitrogens with one attached hydrogen (secondary N) is 1. The molecule has 1 saturated heterocycles. The van der Waals surface area contributed by atoms with Gasteiger partial charge < -0.3 is 10.1 Å². The Kier molecular flexibility index (Phi) is 4.66. The van der Waals surface area contributed by atoms with Crippen LogP contribution in [0.5, 0.6) is 0 Å². The molecule has 1 aliphatic rings. The van der Waals surface area contributed by atoms with Crippen LogP contribution in [0.2, 0.25) is 0 Å². The normalized spacial score (nSPS) is 17.4. The number of halogens is 3. The molecule has 0 unspecified atom stereocenters. The molecule has 0 radical (unpaired) electrons. The van der Waals surface area contributed by atoms with Crippen molar-refractivity contribution < 1.29 is 17.9 Å². The van der Waals surface area contributed by atoms with Crippen molar-refractivity contribution in [1.29, 1.82) is 0 Å². The Labute approximate surface area is 110 Å². The maximum atomic E-state index is 12.8. The molecule has 0 atom stereocenters. The third-order valence-electron chi connectivity index (χ3n) is 3.08. The Morgan fingerprint density at radius 1 is 1.16 bits per heavy atom. The molecule has 1 aliphatic heterocycles. The highest BCUT2D eigenvalue weighted by Crippen LogP contribution is 2.34. The Morgan fingerprint density at radius 2 is 1.84 bits per heavy atom. The summed E-state index contributed by atoms with van der Waals surface area (Å²) in [5, 5.41) is 2.86. The van der Waals surface area contributed by atoms with Gasteiger partial charge in [0, 0.05) is 31.9 Å². The SMILES string of the molecule is FC(F)(F)c1ccccc1NCCN1CCOCC1. The van der Waals surface area contributed by atoms with Gasteiger partial charge in [-0.2, -0.15) is 13.2 Å². The van der Waals surface area contributed by atoms with Gasteiger partial charge in [-0.1, -0.05) is 12.1 Å². The lowest BCUT2D eigenvalue weighted by molar-refractivity contribution is -0.136. The molecule has 1 N–H and O–H groups in total. The van der Waals surface area contributed by atoms with E-state index in [0.717, 1.165) is 25.7 Å². The van der Waals surface area contributed by atoms with E-state index in [4.69, 9.17) is 4.74 Å². The topological polar surface area (TPSA) is 24.5 Å². The average Bonchev–Trinajstić information content (AvgIpc) is 2.39. The maximum Gasteiger partial charge on any atom is 0.418 e. The van der Waals surface area contributed by atoms with Gasteiger partial charge in [0.05, 0.1) is 18.8 Å². The van der Waals surface area contributed by atoms with Crippen molar-refractivity contribution in [2.24, 2.45) is 0 Å². The molecule has 3 nitrogen and oxygen atoms in total. The summed E-state index contributed by atoms with van der Waals surface area (Å²) in [6.07, 6.45) is -4.32. The average molecular weight is 274 g/mol. The van der Waals surface area contributed by atoms with E-state index in [2.05, 4.69) is 10.2 Å². The van der Waals surface area contributed by atoms with Crippen LogP contribution in [0.25, 0.3) is 0 Å². The molecular weight excluding hydrogens is 257 g/mol. The van der Waals surface area contributed by atoms with Crippen molar-refractivity contribution in [3.63, 3.8) is 0 Å². The monoisotopic (exact) mass is 274 g/mol. The van der Waals surface area contributed by atoms with Crippen LogP contribution in [-0.4, -0.2) is 44.3 Å². The van der Waals surface area contributed by atoms with Crippen molar-refractivity contribution in [3.8, 4) is 0 Å². The number of hydrogen-bond donors (Lipinski definition) is 1. The van der Waals surface area contributed by atoms with Crippen LogP contribution < -0.4 is 5.32 Å². The van der Waals surface area contributed by atoms with Crippen molar-refractivity contribution in [2.45, 2.75) is 6.18 Å². The van der Waals surface area contributed by atoms with Gasteiger partial charge in [0.15, 0.2) is 0 Å². The van der Waals surface area contributed by atoms with E-state index in [1.165, 1.54) is 12.1 Å². The molecular formula is C13H17F3N2O. The number of ether oxygens (including phenoxy) is 1. The highest BCUT2D eigenvalue weighted by Gasteiger charge is 2.32. The molecule has 106 valence electrons.